The van der Waals surface area contributed by atoms with Crippen molar-refractivity contribution >= 4 is 0 Å². The Morgan fingerprint density at radius 2 is 1.80 bits per heavy atom. The molecule has 1 aliphatic carbocycles. The maximum atomic E-state index is 5.56. The molecule has 15 heavy (non-hydrogen) atoms. The van der Waals surface area contributed by atoms with Crippen molar-refractivity contribution in [3.63, 3.8) is 0 Å². The highest BCUT2D eigenvalue weighted by Gasteiger charge is 2.25. The first-order chi connectivity index (χ1) is 7.25. The Balaban J connectivity index is 1.65. The second kappa shape index (κ2) is 5.31. The van der Waals surface area contributed by atoms with Gasteiger partial charge in [0.15, 0.2) is 0 Å². The summed E-state index contributed by atoms with van der Waals surface area (Å²) in [5.74, 6) is 1.89. The van der Waals surface area contributed by atoms with Crippen LogP contribution in [0.2, 0.25) is 0 Å². The zero-order valence-corrected chi connectivity index (χ0v) is 10.2. The Labute approximate surface area is 93.8 Å². The first-order valence-electron chi connectivity index (χ1n) is 6.60. The predicted octanol–water partition coefficient (Wildman–Crippen LogP) is 2.58. The molecule has 1 N–H and O–H groups in total. The quantitative estimate of drug-likeness (QED) is 0.774. The largest absolute Gasteiger partial charge is 0.377 e. The molecule has 1 saturated carbocycles. The van der Waals surface area contributed by atoms with E-state index in [1.165, 1.54) is 38.6 Å². The maximum absolute atomic E-state index is 5.56. The summed E-state index contributed by atoms with van der Waals surface area (Å²) in [6.07, 6.45) is 7.34. The summed E-state index contributed by atoms with van der Waals surface area (Å²) in [5, 5.41) is 3.69. The van der Waals surface area contributed by atoms with Crippen molar-refractivity contribution in [3.8, 4) is 0 Å². The van der Waals surface area contributed by atoms with Gasteiger partial charge in [-0.05, 0) is 44.6 Å². The van der Waals surface area contributed by atoms with Crippen LogP contribution in [0.4, 0.5) is 0 Å². The summed E-state index contributed by atoms with van der Waals surface area (Å²) in [5.41, 5.74) is 0. The van der Waals surface area contributed by atoms with E-state index in [1.807, 2.05) is 0 Å². The van der Waals surface area contributed by atoms with Crippen LogP contribution < -0.4 is 5.32 Å². The van der Waals surface area contributed by atoms with E-state index in [0.29, 0.717) is 12.1 Å². The van der Waals surface area contributed by atoms with Gasteiger partial charge in [0.25, 0.3) is 0 Å². The van der Waals surface area contributed by atoms with Gasteiger partial charge >= 0.3 is 0 Å². The number of hydrogen-bond donors (Lipinski definition) is 1. The molecule has 0 bridgehead atoms. The summed E-state index contributed by atoms with van der Waals surface area (Å²) in [6, 6.07) is 0.615. The average Bonchev–Trinajstić information content (AvgIpc) is 2.63. The lowest BCUT2D eigenvalue weighted by Gasteiger charge is -2.28. The molecule has 2 unspecified atom stereocenters. The highest BCUT2D eigenvalue weighted by molar-refractivity contribution is 4.81. The normalized spacial score (nSPS) is 42.0. The molecule has 0 spiro atoms. The SMILES string of the molecule is CC1CCC(CNC2CCOC2C)CC1. The summed E-state index contributed by atoms with van der Waals surface area (Å²) < 4.78 is 5.56. The van der Waals surface area contributed by atoms with E-state index in [4.69, 9.17) is 4.74 Å². The maximum Gasteiger partial charge on any atom is 0.0700 e. The van der Waals surface area contributed by atoms with Crippen molar-refractivity contribution in [2.45, 2.75) is 58.1 Å². The minimum absolute atomic E-state index is 0.424. The molecule has 1 aliphatic heterocycles. The second-order valence-corrected chi connectivity index (χ2v) is 5.51. The van der Waals surface area contributed by atoms with Crippen LogP contribution in [0.1, 0.15) is 46.0 Å². The molecule has 88 valence electrons. The Hall–Kier alpha value is -0.0800. The predicted molar refractivity (Wildman–Crippen MR) is 62.9 cm³/mol. The fourth-order valence-corrected chi connectivity index (χ4v) is 2.85. The Morgan fingerprint density at radius 3 is 2.40 bits per heavy atom. The Bertz CT molecular complexity index is 187. The topological polar surface area (TPSA) is 21.3 Å². The van der Waals surface area contributed by atoms with Gasteiger partial charge < -0.3 is 10.1 Å². The molecule has 0 aromatic heterocycles. The molecule has 2 nitrogen and oxygen atoms in total. The molecular formula is C13H25NO. The molecule has 2 atom stereocenters. The van der Waals surface area contributed by atoms with Crippen LogP contribution in [-0.4, -0.2) is 25.3 Å². The highest BCUT2D eigenvalue weighted by Crippen LogP contribution is 2.28. The third-order valence-electron chi connectivity index (χ3n) is 4.18. The molecule has 2 fully saturated rings. The molecule has 0 aromatic rings. The number of nitrogens with one attached hydrogen (secondary N) is 1. The second-order valence-electron chi connectivity index (χ2n) is 5.51. The van der Waals surface area contributed by atoms with Crippen LogP contribution in [-0.2, 0) is 4.74 Å². The highest BCUT2D eigenvalue weighted by atomic mass is 16.5. The summed E-state index contributed by atoms with van der Waals surface area (Å²) in [4.78, 5) is 0. The zero-order chi connectivity index (χ0) is 10.7. The van der Waals surface area contributed by atoms with Crippen molar-refractivity contribution in [2.24, 2.45) is 11.8 Å². The zero-order valence-electron chi connectivity index (χ0n) is 10.2. The third kappa shape index (κ3) is 3.18. The van der Waals surface area contributed by atoms with Gasteiger partial charge in [0.05, 0.1) is 6.10 Å². The molecule has 0 amide bonds. The van der Waals surface area contributed by atoms with Crippen molar-refractivity contribution < 1.29 is 4.74 Å². The molecule has 2 aliphatic rings. The van der Waals surface area contributed by atoms with Gasteiger partial charge in [-0.2, -0.15) is 0 Å². The van der Waals surface area contributed by atoms with E-state index < -0.39 is 0 Å². The van der Waals surface area contributed by atoms with Gasteiger partial charge in [-0.15, -0.1) is 0 Å². The molecule has 0 aromatic carbocycles. The Kier molecular flexibility index (Phi) is 4.04. The lowest BCUT2D eigenvalue weighted by Crippen LogP contribution is -2.38. The number of rotatable bonds is 3. The molecule has 2 heteroatoms. The van der Waals surface area contributed by atoms with Gasteiger partial charge in [-0.1, -0.05) is 19.8 Å². The summed E-state index contributed by atoms with van der Waals surface area (Å²) >= 11 is 0. The fraction of sp³-hybridized carbons (Fsp3) is 1.00. The summed E-state index contributed by atoms with van der Waals surface area (Å²) in [6.45, 7) is 6.73. The first-order valence-corrected chi connectivity index (χ1v) is 6.60. The monoisotopic (exact) mass is 211 g/mol. The van der Waals surface area contributed by atoms with Crippen LogP contribution in [0, 0.1) is 11.8 Å². The van der Waals surface area contributed by atoms with Gasteiger partial charge in [0, 0.05) is 12.6 Å². The van der Waals surface area contributed by atoms with Crippen molar-refractivity contribution in [3.05, 3.63) is 0 Å². The van der Waals surface area contributed by atoms with Gasteiger partial charge in [-0.3, -0.25) is 0 Å². The minimum Gasteiger partial charge on any atom is -0.377 e. The molecule has 1 heterocycles. The standard InChI is InChI=1S/C13H25NO/c1-10-3-5-12(6-4-10)9-14-13-7-8-15-11(13)2/h10-14H,3-9H2,1-2H3. The van der Waals surface area contributed by atoms with Crippen LogP contribution in [0.25, 0.3) is 0 Å². The summed E-state index contributed by atoms with van der Waals surface area (Å²) in [7, 11) is 0. The van der Waals surface area contributed by atoms with Gasteiger partial charge in [0.2, 0.25) is 0 Å². The number of ether oxygens (including phenoxy) is 1. The van der Waals surface area contributed by atoms with E-state index >= 15 is 0 Å². The van der Waals surface area contributed by atoms with E-state index in [0.717, 1.165) is 18.4 Å². The van der Waals surface area contributed by atoms with Crippen molar-refractivity contribution in [2.75, 3.05) is 13.2 Å². The van der Waals surface area contributed by atoms with Gasteiger partial charge in [-0.25, -0.2) is 0 Å². The van der Waals surface area contributed by atoms with Crippen molar-refractivity contribution in [1.82, 2.24) is 5.32 Å². The Morgan fingerprint density at radius 1 is 1.07 bits per heavy atom. The van der Waals surface area contributed by atoms with Crippen LogP contribution >= 0.6 is 0 Å². The minimum atomic E-state index is 0.424. The lowest BCUT2D eigenvalue weighted by molar-refractivity contribution is 0.111. The van der Waals surface area contributed by atoms with E-state index in [-0.39, 0.29) is 0 Å². The fourth-order valence-electron chi connectivity index (χ4n) is 2.85. The number of hydrogen-bond acceptors (Lipinski definition) is 2. The molecular weight excluding hydrogens is 186 g/mol. The first kappa shape index (κ1) is 11.4. The van der Waals surface area contributed by atoms with Crippen LogP contribution in [0.3, 0.4) is 0 Å². The molecule has 0 radical (unpaired) electrons. The van der Waals surface area contributed by atoms with E-state index in [2.05, 4.69) is 19.2 Å². The van der Waals surface area contributed by atoms with Crippen LogP contribution in [0.5, 0.6) is 0 Å². The van der Waals surface area contributed by atoms with E-state index in [1.54, 1.807) is 0 Å². The van der Waals surface area contributed by atoms with Gasteiger partial charge in [0.1, 0.15) is 0 Å². The molecule has 2 rings (SSSR count). The smallest absolute Gasteiger partial charge is 0.0700 e. The third-order valence-corrected chi connectivity index (χ3v) is 4.18. The lowest BCUT2D eigenvalue weighted by atomic mass is 9.83. The van der Waals surface area contributed by atoms with Crippen LogP contribution in [0.15, 0.2) is 0 Å². The van der Waals surface area contributed by atoms with E-state index in [9.17, 15) is 0 Å². The average molecular weight is 211 g/mol. The van der Waals surface area contributed by atoms with Crippen molar-refractivity contribution in [1.29, 1.82) is 0 Å². The molecule has 1 saturated heterocycles.